The zero-order chi connectivity index (χ0) is 33.7. The number of morpholine rings is 1. The molecule has 3 fully saturated rings. The number of carbonyl (C=O) groups excluding carboxylic acids is 2. The Morgan fingerprint density at radius 3 is 2.33 bits per heavy atom. The van der Waals surface area contributed by atoms with Gasteiger partial charge in [-0.3, -0.25) is 14.5 Å². The number of alkyl halides is 3. The van der Waals surface area contributed by atoms with Gasteiger partial charge in [-0.15, -0.1) is 0 Å². The number of halogens is 3. The molecule has 9 nitrogen and oxygen atoms in total. The topological polar surface area (TPSA) is 101 Å². The molecule has 256 valence electrons. The van der Waals surface area contributed by atoms with E-state index in [0.29, 0.717) is 31.0 Å². The molecule has 6 rings (SSSR count). The van der Waals surface area contributed by atoms with Crippen molar-refractivity contribution in [1.29, 1.82) is 0 Å². The summed E-state index contributed by atoms with van der Waals surface area (Å²) in [7, 11) is 0. The van der Waals surface area contributed by atoms with Gasteiger partial charge in [0.1, 0.15) is 6.04 Å². The van der Waals surface area contributed by atoms with Gasteiger partial charge in [0.15, 0.2) is 6.29 Å². The number of benzene rings is 3. The standard InChI is InChI=1S/C36H40F3N3O6/c37-36(38,39)35(45)42-13-3-8-31(42)33(44)40-21-25-4-1-5-27(18-25)28-6-2-7-29(19-28)34-47-30(22-41-14-16-46-17-15-41)20-32(48-34)26-11-9-24(23-43)10-12-26/h1-2,4-7,9-12,18-19,30-32,34,43H,3,8,13-17,20-23H2,(H,40,44)/t30-,31-,32+,34+/m0/s1. The highest BCUT2D eigenvalue weighted by Gasteiger charge is 2.47. The Labute approximate surface area is 277 Å². The van der Waals surface area contributed by atoms with Crippen molar-refractivity contribution in [1.82, 2.24) is 15.1 Å². The van der Waals surface area contributed by atoms with Crippen LogP contribution in [0.3, 0.4) is 0 Å². The number of carbonyl (C=O) groups is 2. The van der Waals surface area contributed by atoms with Gasteiger partial charge >= 0.3 is 12.1 Å². The average molecular weight is 668 g/mol. The van der Waals surface area contributed by atoms with Crippen LogP contribution in [-0.2, 0) is 37.0 Å². The van der Waals surface area contributed by atoms with Crippen LogP contribution in [0.15, 0.2) is 72.8 Å². The number of aliphatic hydroxyl groups excluding tert-OH is 1. The number of nitrogens with one attached hydrogen (secondary N) is 1. The number of amides is 2. The monoisotopic (exact) mass is 667 g/mol. The van der Waals surface area contributed by atoms with Gasteiger partial charge < -0.3 is 29.5 Å². The summed E-state index contributed by atoms with van der Waals surface area (Å²) >= 11 is 0. The maximum Gasteiger partial charge on any atom is 0.471 e. The van der Waals surface area contributed by atoms with Crippen molar-refractivity contribution < 1.29 is 42.1 Å². The Kier molecular flexibility index (Phi) is 10.8. The van der Waals surface area contributed by atoms with Gasteiger partial charge in [0.25, 0.3) is 0 Å². The molecule has 3 heterocycles. The number of aliphatic hydroxyl groups is 1. The summed E-state index contributed by atoms with van der Waals surface area (Å²) in [5.74, 6) is -2.58. The average Bonchev–Trinajstić information content (AvgIpc) is 3.60. The highest BCUT2D eigenvalue weighted by molar-refractivity contribution is 5.90. The largest absolute Gasteiger partial charge is 0.471 e. The molecule has 0 unspecified atom stereocenters. The van der Waals surface area contributed by atoms with Crippen molar-refractivity contribution in [2.45, 2.75) is 63.1 Å². The third kappa shape index (κ3) is 8.24. The number of nitrogens with zero attached hydrogens (tertiary/aromatic N) is 2. The van der Waals surface area contributed by atoms with Gasteiger partial charge in [0, 0.05) is 44.7 Å². The van der Waals surface area contributed by atoms with Crippen LogP contribution in [0.1, 0.15) is 53.9 Å². The Hall–Kier alpha value is -3.81. The SMILES string of the molecule is O=C(NCc1cccc(-c2cccc([C@@H]3O[C@H](CN4CCOCC4)C[C@H](c4ccc(CO)cc4)O3)c2)c1)[C@@H]1CCCN1C(=O)C(F)(F)F. The third-order valence-corrected chi connectivity index (χ3v) is 9.13. The van der Waals surface area contributed by atoms with E-state index in [1.807, 2.05) is 72.8 Å². The second-order valence-electron chi connectivity index (χ2n) is 12.5. The van der Waals surface area contributed by atoms with Crippen LogP contribution in [0.4, 0.5) is 13.2 Å². The molecular weight excluding hydrogens is 627 g/mol. The predicted molar refractivity (Wildman–Crippen MR) is 170 cm³/mol. The first-order valence-corrected chi connectivity index (χ1v) is 16.3. The van der Waals surface area contributed by atoms with Crippen molar-refractivity contribution >= 4 is 11.8 Å². The van der Waals surface area contributed by atoms with Crippen LogP contribution in [-0.4, -0.2) is 84.4 Å². The Bertz CT molecular complexity index is 1560. The number of hydrogen-bond acceptors (Lipinski definition) is 7. The lowest BCUT2D eigenvalue weighted by Gasteiger charge is -2.39. The Morgan fingerprint density at radius 1 is 0.875 bits per heavy atom. The number of likely N-dealkylation sites (tertiary alicyclic amines) is 1. The van der Waals surface area contributed by atoms with E-state index in [4.69, 9.17) is 14.2 Å². The summed E-state index contributed by atoms with van der Waals surface area (Å²) in [6.45, 7) is 3.81. The van der Waals surface area contributed by atoms with E-state index in [2.05, 4.69) is 10.2 Å². The molecule has 3 aliphatic rings. The van der Waals surface area contributed by atoms with Crippen LogP contribution >= 0.6 is 0 Å². The van der Waals surface area contributed by atoms with Crippen LogP contribution < -0.4 is 5.32 Å². The lowest BCUT2D eigenvalue weighted by molar-refractivity contribution is -0.253. The van der Waals surface area contributed by atoms with Gasteiger partial charge in [-0.1, -0.05) is 60.7 Å². The van der Waals surface area contributed by atoms with E-state index in [9.17, 15) is 27.9 Å². The summed E-state index contributed by atoms with van der Waals surface area (Å²) in [6.07, 6.45) is -4.72. The maximum absolute atomic E-state index is 13.0. The second-order valence-corrected chi connectivity index (χ2v) is 12.5. The molecule has 0 bridgehead atoms. The molecule has 3 aromatic rings. The zero-order valence-corrected chi connectivity index (χ0v) is 26.5. The Morgan fingerprint density at radius 2 is 1.60 bits per heavy atom. The fraction of sp³-hybridized carbons (Fsp3) is 0.444. The van der Waals surface area contributed by atoms with Crippen molar-refractivity contribution in [3.8, 4) is 11.1 Å². The van der Waals surface area contributed by atoms with Crippen molar-refractivity contribution in [3.05, 3.63) is 95.1 Å². The highest BCUT2D eigenvalue weighted by atomic mass is 19.4. The number of ether oxygens (including phenoxy) is 3. The molecule has 0 saturated carbocycles. The van der Waals surface area contributed by atoms with E-state index in [1.54, 1.807) is 0 Å². The van der Waals surface area contributed by atoms with E-state index in [0.717, 1.165) is 53.0 Å². The fourth-order valence-electron chi connectivity index (χ4n) is 6.58. The molecule has 3 aromatic carbocycles. The molecule has 0 radical (unpaired) electrons. The second kappa shape index (κ2) is 15.2. The Balaban J connectivity index is 1.16. The van der Waals surface area contributed by atoms with E-state index in [-0.39, 0.29) is 38.3 Å². The molecule has 0 aromatic heterocycles. The quantitative estimate of drug-likeness (QED) is 0.335. The zero-order valence-electron chi connectivity index (χ0n) is 26.5. The van der Waals surface area contributed by atoms with Crippen LogP contribution in [0.2, 0.25) is 0 Å². The van der Waals surface area contributed by atoms with Gasteiger partial charge in [0.2, 0.25) is 5.91 Å². The summed E-state index contributed by atoms with van der Waals surface area (Å²) in [5.41, 5.74) is 5.26. The van der Waals surface area contributed by atoms with Gasteiger partial charge in [-0.05, 0) is 52.8 Å². The summed E-state index contributed by atoms with van der Waals surface area (Å²) < 4.78 is 57.7. The molecule has 0 aliphatic carbocycles. The molecule has 48 heavy (non-hydrogen) atoms. The minimum Gasteiger partial charge on any atom is -0.392 e. The minimum atomic E-state index is -5.02. The lowest BCUT2D eigenvalue weighted by Crippen LogP contribution is -2.50. The predicted octanol–water partition coefficient (Wildman–Crippen LogP) is 4.89. The minimum absolute atomic E-state index is 0.0281. The smallest absolute Gasteiger partial charge is 0.392 e. The van der Waals surface area contributed by atoms with Crippen molar-refractivity contribution in [2.24, 2.45) is 0 Å². The van der Waals surface area contributed by atoms with Crippen LogP contribution in [0.25, 0.3) is 11.1 Å². The van der Waals surface area contributed by atoms with E-state index in [1.165, 1.54) is 0 Å². The maximum atomic E-state index is 13.0. The van der Waals surface area contributed by atoms with Crippen molar-refractivity contribution in [2.75, 3.05) is 39.4 Å². The van der Waals surface area contributed by atoms with E-state index < -0.39 is 30.3 Å². The number of rotatable bonds is 9. The summed E-state index contributed by atoms with van der Waals surface area (Å²) in [4.78, 5) is 27.6. The first kappa shape index (κ1) is 34.1. The van der Waals surface area contributed by atoms with Crippen molar-refractivity contribution in [3.63, 3.8) is 0 Å². The van der Waals surface area contributed by atoms with E-state index >= 15 is 0 Å². The molecule has 2 N–H and O–H groups in total. The lowest BCUT2D eigenvalue weighted by atomic mass is 9.98. The van der Waals surface area contributed by atoms with Gasteiger partial charge in [0.05, 0.1) is 32.0 Å². The normalized spacial score (nSPS) is 23.6. The van der Waals surface area contributed by atoms with Gasteiger partial charge in [-0.25, -0.2) is 0 Å². The van der Waals surface area contributed by atoms with Crippen LogP contribution in [0.5, 0.6) is 0 Å². The van der Waals surface area contributed by atoms with Gasteiger partial charge in [-0.2, -0.15) is 13.2 Å². The molecule has 4 atom stereocenters. The summed E-state index contributed by atoms with van der Waals surface area (Å²) in [5, 5.41) is 12.2. The molecule has 3 saturated heterocycles. The first-order chi connectivity index (χ1) is 23.2. The molecular formula is C36H40F3N3O6. The molecule has 3 aliphatic heterocycles. The molecule has 12 heteroatoms. The highest BCUT2D eigenvalue weighted by Crippen LogP contribution is 2.39. The molecule has 2 amide bonds. The molecule has 0 spiro atoms. The fourth-order valence-corrected chi connectivity index (χ4v) is 6.58. The summed E-state index contributed by atoms with van der Waals surface area (Å²) in [6, 6.07) is 22.1. The first-order valence-electron chi connectivity index (χ1n) is 16.3. The third-order valence-electron chi connectivity index (χ3n) is 9.13. The number of hydrogen-bond donors (Lipinski definition) is 2. The van der Waals surface area contributed by atoms with Crippen LogP contribution in [0, 0.1) is 0 Å².